The minimum atomic E-state index is -0.661. The van der Waals surface area contributed by atoms with Crippen molar-refractivity contribution in [2.24, 2.45) is 0 Å². The second-order valence-corrected chi connectivity index (χ2v) is 12.2. The molecular weight excluding hydrogens is 467 g/mol. The predicted molar refractivity (Wildman–Crippen MR) is 137 cm³/mol. The van der Waals surface area contributed by atoms with Crippen molar-refractivity contribution < 1.29 is 23.6 Å². The van der Waals surface area contributed by atoms with Crippen LogP contribution in [0.3, 0.4) is 0 Å². The van der Waals surface area contributed by atoms with E-state index in [9.17, 15) is 9.59 Å². The van der Waals surface area contributed by atoms with Gasteiger partial charge in [-0.2, -0.15) is 0 Å². The molecule has 0 unspecified atom stereocenters. The fourth-order valence-corrected chi connectivity index (χ4v) is 4.87. The van der Waals surface area contributed by atoms with Crippen LogP contribution in [0, 0.1) is 0 Å². The zero-order valence-electron chi connectivity index (χ0n) is 22.2. The summed E-state index contributed by atoms with van der Waals surface area (Å²) in [6.07, 6.45) is 5.82. The van der Waals surface area contributed by atoms with E-state index in [0.717, 1.165) is 24.7 Å². The molecule has 1 aromatic rings. The average Bonchev–Trinajstić information content (AvgIpc) is 2.97. The van der Waals surface area contributed by atoms with E-state index < -0.39 is 36.1 Å². The molecule has 2 amide bonds. The normalized spacial score (nSPS) is 22.6. The summed E-state index contributed by atoms with van der Waals surface area (Å²) in [5.41, 5.74) is -0.672. The summed E-state index contributed by atoms with van der Waals surface area (Å²) in [4.78, 5) is 36.1. The Bertz CT molecular complexity index is 890. The zero-order valence-corrected chi connectivity index (χ0v) is 23.0. The quantitative estimate of drug-likeness (QED) is 0.357. The predicted octanol–water partition coefficient (Wildman–Crippen LogP) is 3.16. The summed E-state index contributed by atoms with van der Waals surface area (Å²) in [6.45, 7) is 15.8. The fourth-order valence-electron chi connectivity index (χ4n) is 3.93. The van der Waals surface area contributed by atoms with Gasteiger partial charge in [0.15, 0.2) is 5.16 Å². The van der Waals surface area contributed by atoms with Crippen LogP contribution in [0.1, 0.15) is 74.7 Å². The van der Waals surface area contributed by atoms with Gasteiger partial charge in [0.2, 0.25) is 5.91 Å². The first-order valence-electron chi connectivity index (χ1n) is 12.3. The first-order valence-corrected chi connectivity index (χ1v) is 13.3. The summed E-state index contributed by atoms with van der Waals surface area (Å²) in [7, 11) is -0.496. The topological polar surface area (TPSA) is 103 Å². The number of thioether (sulfide) groups is 1. The molecule has 194 valence electrons. The molecular formula is C24H39BN4O5S. The minimum Gasteiger partial charge on any atom is -0.444 e. The van der Waals surface area contributed by atoms with Gasteiger partial charge in [-0.1, -0.05) is 11.8 Å². The van der Waals surface area contributed by atoms with Gasteiger partial charge < -0.3 is 24.3 Å². The SMILES string of the molecule is C[C@H](NC(=O)OC(C)(C)C)C(=O)N1CCCC[C@@H]1CSc1ncc(B2OC(C)(C)C(C)(C)O2)cn1. The molecule has 2 aliphatic heterocycles. The number of hydrogen-bond donors (Lipinski definition) is 1. The molecule has 2 atom stereocenters. The molecule has 3 heterocycles. The molecule has 0 aliphatic carbocycles. The van der Waals surface area contributed by atoms with Crippen molar-refractivity contribution in [3.63, 3.8) is 0 Å². The smallest absolute Gasteiger partial charge is 0.444 e. The number of ether oxygens (including phenoxy) is 1. The van der Waals surface area contributed by atoms with E-state index in [2.05, 4.69) is 15.3 Å². The largest absolute Gasteiger partial charge is 0.498 e. The molecule has 1 aromatic heterocycles. The fraction of sp³-hybridized carbons (Fsp3) is 0.750. The number of likely N-dealkylation sites (tertiary alicyclic amines) is 1. The number of piperidine rings is 1. The first-order chi connectivity index (χ1) is 16.2. The van der Waals surface area contributed by atoms with Gasteiger partial charge in [0.05, 0.1) is 11.2 Å². The standard InChI is InChI=1S/C24H39BN4O5S/c1-16(28-21(31)32-22(2,3)4)19(30)29-12-10-9-11-18(29)15-35-20-26-13-17(14-27-20)25-33-23(5,6)24(7,8)34-25/h13-14,16,18H,9-12,15H2,1-8H3,(H,28,31)/t16-,18+/m0/s1. The first kappa shape index (κ1) is 27.7. The molecule has 0 spiro atoms. The zero-order chi connectivity index (χ0) is 26.0. The number of nitrogens with zero attached hydrogens (tertiary/aromatic N) is 3. The molecule has 3 rings (SSSR count). The molecule has 0 aromatic carbocycles. The summed E-state index contributed by atoms with van der Waals surface area (Å²) in [5, 5.41) is 3.31. The third kappa shape index (κ3) is 7.10. The Balaban J connectivity index is 1.56. The third-order valence-electron chi connectivity index (χ3n) is 6.59. The van der Waals surface area contributed by atoms with E-state index in [-0.39, 0.29) is 11.9 Å². The lowest BCUT2D eigenvalue weighted by molar-refractivity contribution is -0.136. The van der Waals surface area contributed by atoms with Gasteiger partial charge in [0.25, 0.3) is 0 Å². The number of carbonyl (C=O) groups excluding carboxylic acids is 2. The van der Waals surface area contributed by atoms with Crippen molar-refractivity contribution in [2.45, 2.75) is 109 Å². The highest BCUT2D eigenvalue weighted by Gasteiger charge is 2.52. The second-order valence-electron chi connectivity index (χ2n) is 11.2. The van der Waals surface area contributed by atoms with E-state index in [1.54, 1.807) is 40.1 Å². The van der Waals surface area contributed by atoms with Crippen LogP contribution in [0.2, 0.25) is 0 Å². The maximum atomic E-state index is 13.1. The van der Waals surface area contributed by atoms with Gasteiger partial charge in [-0.25, -0.2) is 14.8 Å². The van der Waals surface area contributed by atoms with E-state index in [0.29, 0.717) is 17.5 Å². The molecule has 2 fully saturated rings. The average molecular weight is 506 g/mol. The minimum absolute atomic E-state index is 0.0514. The summed E-state index contributed by atoms with van der Waals surface area (Å²) >= 11 is 1.52. The lowest BCUT2D eigenvalue weighted by Crippen LogP contribution is -2.53. The van der Waals surface area contributed by atoms with Crippen LogP contribution in [0.25, 0.3) is 0 Å². The van der Waals surface area contributed by atoms with Crippen LogP contribution in [-0.4, -0.2) is 75.2 Å². The number of hydrogen-bond acceptors (Lipinski definition) is 8. The van der Waals surface area contributed by atoms with Gasteiger partial charge in [-0.3, -0.25) is 4.79 Å². The van der Waals surface area contributed by atoms with Crippen molar-refractivity contribution in [3.8, 4) is 0 Å². The maximum Gasteiger partial charge on any atom is 0.498 e. The molecule has 9 nitrogen and oxygen atoms in total. The van der Waals surface area contributed by atoms with Crippen LogP contribution >= 0.6 is 11.8 Å². The van der Waals surface area contributed by atoms with Crippen molar-refractivity contribution in [3.05, 3.63) is 12.4 Å². The summed E-state index contributed by atoms with van der Waals surface area (Å²) in [5.74, 6) is 0.582. The van der Waals surface area contributed by atoms with Crippen molar-refractivity contribution in [1.82, 2.24) is 20.2 Å². The number of aromatic nitrogens is 2. The highest BCUT2D eigenvalue weighted by molar-refractivity contribution is 7.99. The van der Waals surface area contributed by atoms with E-state index >= 15 is 0 Å². The monoisotopic (exact) mass is 506 g/mol. The lowest BCUT2D eigenvalue weighted by atomic mass is 9.81. The molecule has 35 heavy (non-hydrogen) atoms. The Morgan fingerprint density at radius 3 is 2.37 bits per heavy atom. The lowest BCUT2D eigenvalue weighted by Gasteiger charge is -2.37. The van der Waals surface area contributed by atoms with Gasteiger partial charge in [0.1, 0.15) is 11.6 Å². The van der Waals surface area contributed by atoms with Gasteiger partial charge in [0, 0.05) is 36.2 Å². The van der Waals surface area contributed by atoms with Crippen LogP contribution in [0.5, 0.6) is 0 Å². The number of carbonyl (C=O) groups is 2. The number of amides is 2. The summed E-state index contributed by atoms with van der Waals surface area (Å²) < 4.78 is 17.4. The molecule has 11 heteroatoms. The Morgan fingerprint density at radius 2 is 1.80 bits per heavy atom. The molecule has 0 saturated carbocycles. The van der Waals surface area contributed by atoms with E-state index in [1.807, 2.05) is 32.6 Å². The molecule has 0 bridgehead atoms. The summed E-state index contributed by atoms with van der Waals surface area (Å²) in [6, 6.07) is -0.610. The van der Waals surface area contributed by atoms with Gasteiger partial charge in [-0.15, -0.1) is 0 Å². The Hall–Kier alpha value is -1.85. The van der Waals surface area contributed by atoms with Crippen molar-refractivity contribution in [1.29, 1.82) is 0 Å². The highest BCUT2D eigenvalue weighted by atomic mass is 32.2. The Labute approximate surface area is 213 Å². The van der Waals surface area contributed by atoms with Gasteiger partial charge >= 0.3 is 13.2 Å². The van der Waals surface area contributed by atoms with E-state index in [4.69, 9.17) is 14.0 Å². The van der Waals surface area contributed by atoms with Gasteiger partial charge in [-0.05, 0) is 74.7 Å². The maximum absolute atomic E-state index is 13.1. The highest BCUT2D eigenvalue weighted by Crippen LogP contribution is 2.36. The van der Waals surface area contributed by atoms with Crippen LogP contribution in [0.4, 0.5) is 4.79 Å². The molecule has 0 radical (unpaired) electrons. The molecule has 2 aliphatic rings. The number of rotatable bonds is 6. The van der Waals surface area contributed by atoms with E-state index in [1.165, 1.54) is 11.8 Å². The van der Waals surface area contributed by atoms with Crippen LogP contribution in [0.15, 0.2) is 17.6 Å². The second kappa shape index (κ2) is 10.6. The third-order valence-corrected chi connectivity index (χ3v) is 7.61. The number of alkyl carbamates (subject to hydrolysis) is 1. The molecule has 1 N–H and O–H groups in total. The van der Waals surface area contributed by atoms with Crippen LogP contribution in [-0.2, 0) is 18.8 Å². The van der Waals surface area contributed by atoms with Crippen molar-refractivity contribution in [2.75, 3.05) is 12.3 Å². The molecule has 2 saturated heterocycles. The van der Waals surface area contributed by atoms with Crippen molar-refractivity contribution >= 4 is 36.3 Å². The Kier molecular flexibility index (Phi) is 8.43. The van der Waals surface area contributed by atoms with Crippen LogP contribution < -0.4 is 10.8 Å². The Morgan fingerprint density at radius 1 is 1.20 bits per heavy atom. The number of nitrogens with one attached hydrogen (secondary N) is 1.